The summed E-state index contributed by atoms with van der Waals surface area (Å²) in [4.78, 5) is 4.20. The van der Waals surface area contributed by atoms with E-state index in [2.05, 4.69) is 10.3 Å². The average Bonchev–Trinajstić information content (AvgIpc) is 2.79. The van der Waals surface area contributed by atoms with Crippen molar-refractivity contribution in [1.82, 2.24) is 4.98 Å². The fourth-order valence-corrected chi connectivity index (χ4v) is 2.40. The van der Waals surface area contributed by atoms with Gasteiger partial charge in [0.15, 0.2) is 16.6 Å². The van der Waals surface area contributed by atoms with Crippen LogP contribution in [0.25, 0.3) is 0 Å². The first-order chi connectivity index (χ1) is 8.93. The summed E-state index contributed by atoms with van der Waals surface area (Å²) in [6.07, 6.45) is 2.71. The minimum atomic E-state index is 0.694. The number of nitrogens with zero attached hydrogens (tertiary/aromatic N) is 1. The second-order valence-corrected chi connectivity index (χ2v) is 4.88. The lowest BCUT2D eigenvalue weighted by molar-refractivity contribution is 0.296. The molecule has 0 aliphatic carbocycles. The van der Waals surface area contributed by atoms with Crippen molar-refractivity contribution in [2.24, 2.45) is 0 Å². The molecule has 1 N–H and O–H groups in total. The number of ether oxygens (including phenoxy) is 2. The number of hydrogen-bond acceptors (Lipinski definition) is 5. The lowest BCUT2D eigenvalue weighted by Gasteiger charge is -2.12. The van der Waals surface area contributed by atoms with Gasteiger partial charge in [0.1, 0.15) is 0 Å². The van der Waals surface area contributed by atoms with Gasteiger partial charge in [-0.1, -0.05) is 12.1 Å². The molecule has 5 heteroatoms. The Morgan fingerprint density at radius 3 is 3.11 bits per heavy atom. The van der Waals surface area contributed by atoms with Crippen molar-refractivity contribution in [3.05, 3.63) is 35.3 Å². The number of nitrogens with one attached hydrogen (secondary N) is 1. The van der Waals surface area contributed by atoms with Gasteiger partial charge >= 0.3 is 0 Å². The molecule has 0 radical (unpaired) electrons. The summed E-state index contributed by atoms with van der Waals surface area (Å²) in [6, 6.07) is 5.99. The molecule has 2 aromatic rings. The van der Waals surface area contributed by atoms with Crippen LogP contribution in [0.4, 0.5) is 5.13 Å². The van der Waals surface area contributed by atoms with Crippen LogP contribution in [0.15, 0.2) is 29.8 Å². The van der Waals surface area contributed by atoms with Crippen molar-refractivity contribution in [3.63, 3.8) is 0 Å². The molecular formula is C13H14N2O2S. The molecule has 0 amide bonds. The van der Waals surface area contributed by atoms with E-state index in [1.807, 2.05) is 23.6 Å². The standard InChI is InChI=1S/C13H14N2O2S/c1-3-10(9-15-13-14-5-8-18-13)12-11(4-1)16-6-2-7-17-12/h1,3-5,8H,2,6-7,9H2,(H,14,15). The lowest BCUT2D eigenvalue weighted by atomic mass is 10.2. The van der Waals surface area contributed by atoms with Crippen LogP contribution in [0.2, 0.25) is 0 Å². The number of rotatable bonds is 3. The third kappa shape index (κ3) is 2.41. The van der Waals surface area contributed by atoms with Gasteiger partial charge < -0.3 is 14.8 Å². The topological polar surface area (TPSA) is 43.4 Å². The van der Waals surface area contributed by atoms with Crippen LogP contribution in [0.5, 0.6) is 11.5 Å². The molecule has 0 atom stereocenters. The summed E-state index contributed by atoms with van der Waals surface area (Å²) in [6.45, 7) is 2.12. The van der Waals surface area contributed by atoms with Crippen LogP contribution in [-0.2, 0) is 6.54 Å². The number of fused-ring (bicyclic) bond motifs is 1. The SMILES string of the molecule is c1cc(CNc2nccs2)c2c(c1)OCCCO2. The minimum Gasteiger partial charge on any atom is -0.490 e. The zero-order valence-electron chi connectivity index (χ0n) is 9.89. The number of aromatic nitrogens is 1. The van der Waals surface area contributed by atoms with Crippen LogP contribution >= 0.6 is 11.3 Å². The van der Waals surface area contributed by atoms with Crippen LogP contribution in [0, 0.1) is 0 Å². The Kier molecular flexibility index (Phi) is 3.32. The summed E-state index contributed by atoms with van der Waals surface area (Å²) < 4.78 is 11.4. The van der Waals surface area contributed by atoms with Gasteiger partial charge in [-0.3, -0.25) is 0 Å². The fraction of sp³-hybridized carbons (Fsp3) is 0.308. The molecule has 4 nitrogen and oxygen atoms in total. The monoisotopic (exact) mass is 262 g/mol. The zero-order valence-corrected chi connectivity index (χ0v) is 10.7. The Bertz CT molecular complexity index is 514. The van der Waals surface area contributed by atoms with Crippen molar-refractivity contribution < 1.29 is 9.47 Å². The minimum absolute atomic E-state index is 0.694. The van der Waals surface area contributed by atoms with Crippen LogP contribution in [0.3, 0.4) is 0 Å². The zero-order chi connectivity index (χ0) is 12.2. The predicted octanol–water partition coefficient (Wildman–Crippen LogP) is 2.92. The van der Waals surface area contributed by atoms with Gasteiger partial charge in [-0.15, -0.1) is 11.3 Å². The number of anilines is 1. The normalized spacial score (nSPS) is 14.0. The van der Waals surface area contributed by atoms with Crippen molar-refractivity contribution in [2.45, 2.75) is 13.0 Å². The van der Waals surface area contributed by atoms with Gasteiger partial charge in [-0.05, 0) is 6.07 Å². The van der Waals surface area contributed by atoms with Gasteiger partial charge in [-0.25, -0.2) is 4.98 Å². The van der Waals surface area contributed by atoms with E-state index in [-0.39, 0.29) is 0 Å². The molecule has 1 aliphatic heterocycles. The molecule has 0 saturated heterocycles. The summed E-state index contributed by atoms with van der Waals surface area (Å²) in [5, 5.41) is 6.15. The van der Waals surface area contributed by atoms with Crippen molar-refractivity contribution in [1.29, 1.82) is 0 Å². The highest BCUT2D eigenvalue weighted by atomic mass is 32.1. The smallest absolute Gasteiger partial charge is 0.182 e. The lowest BCUT2D eigenvalue weighted by Crippen LogP contribution is -2.03. The van der Waals surface area contributed by atoms with Crippen molar-refractivity contribution >= 4 is 16.5 Å². The highest BCUT2D eigenvalue weighted by Gasteiger charge is 2.14. The first-order valence-electron chi connectivity index (χ1n) is 5.94. The van der Waals surface area contributed by atoms with E-state index >= 15 is 0 Å². The maximum Gasteiger partial charge on any atom is 0.182 e. The number of hydrogen-bond donors (Lipinski definition) is 1. The molecule has 0 saturated carbocycles. The van der Waals surface area contributed by atoms with E-state index in [4.69, 9.17) is 9.47 Å². The summed E-state index contributed by atoms with van der Waals surface area (Å²) in [7, 11) is 0. The fourth-order valence-electron chi connectivity index (χ4n) is 1.87. The molecular weight excluding hydrogens is 248 g/mol. The second kappa shape index (κ2) is 5.27. The molecule has 0 unspecified atom stereocenters. The summed E-state index contributed by atoms with van der Waals surface area (Å²) in [5.74, 6) is 1.70. The van der Waals surface area contributed by atoms with E-state index in [1.165, 1.54) is 0 Å². The Morgan fingerprint density at radius 2 is 2.22 bits per heavy atom. The van der Waals surface area contributed by atoms with Gasteiger partial charge in [0.05, 0.1) is 13.2 Å². The maximum absolute atomic E-state index is 5.77. The molecule has 1 aromatic carbocycles. The maximum atomic E-state index is 5.77. The molecule has 94 valence electrons. The third-order valence-electron chi connectivity index (χ3n) is 2.72. The van der Waals surface area contributed by atoms with Crippen LogP contribution in [0.1, 0.15) is 12.0 Å². The van der Waals surface area contributed by atoms with E-state index in [1.54, 1.807) is 17.5 Å². The predicted molar refractivity (Wildman–Crippen MR) is 71.5 cm³/mol. The largest absolute Gasteiger partial charge is 0.490 e. The Morgan fingerprint density at radius 1 is 1.28 bits per heavy atom. The van der Waals surface area contributed by atoms with Gasteiger partial charge in [0, 0.05) is 30.1 Å². The van der Waals surface area contributed by atoms with Crippen LogP contribution < -0.4 is 14.8 Å². The molecule has 0 bridgehead atoms. The van der Waals surface area contributed by atoms with Crippen LogP contribution in [-0.4, -0.2) is 18.2 Å². The summed E-state index contributed by atoms with van der Waals surface area (Å²) in [5.41, 5.74) is 1.10. The quantitative estimate of drug-likeness (QED) is 0.923. The highest BCUT2D eigenvalue weighted by molar-refractivity contribution is 7.13. The van der Waals surface area contributed by atoms with E-state index in [0.29, 0.717) is 13.2 Å². The number of para-hydroxylation sites is 1. The highest BCUT2D eigenvalue weighted by Crippen LogP contribution is 2.33. The van der Waals surface area contributed by atoms with Crippen molar-refractivity contribution in [2.75, 3.05) is 18.5 Å². The third-order valence-corrected chi connectivity index (χ3v) is 3.45. The Balaban J connectivity index is 1.79. The first-order valence-corrected chi connectivity index (χ1v) is 6.82. The number of thiazole rings is 1. The molecule has 1 aromatic heterocycles. The Hall–Kier alpha value is -1.75. The molecule has 2 heterocycles. The van der Waals surface area contributed by atoms with E-state index in [9.17, 15) is 0 Å². The molecule has 1 aliphatic rings. The van der Waals surface area contributed by atoms with Crippen molar-refractivity contribution in [3.8, 4) is 11.5 Å². The van der Waals surface area contributed by atoms with Gasteiger partial charge in [-0.2, -0.15) is 0 Å². The average molecular weight is 262 g/mol. The molecule has 0 fully saturated rings. The second-order valence-electron chi connectivity index (χ2n) is 3.99. The van der Waals surface area contributed by atoms with Gasteiger partial charge in [0.2, 0.25) is 0 Å². The van der Waals surface area contributed by atoms with E-state index < -0.39 is 0 Å². The molecule has 3 rings (SSSR count). The summed E-state index contributed by atoms with van der Waals surface area (Å²) >= 11 is 1.59. The first kappa shape index (κ1) is 11.3. The molecule has 0 spiro atoms. The Labute approximate surface area is 110 Å². The molecule has 18 heavy (non-hydrogen) atoms. The number of benzene rings is 1. The van der Waals surface area contributed by atoms with Gasteiger partial charge in [0.25, 0.3) is 0 Å². The van der Waals surface area contributed by atoms with E-state index in [0.717, 1.165) is 35.2 Å².